The smallest absolute Gasteiger partial charge is 0.422 e. The van der Waals surface area contributed by atoms with E-state index >= 15 is 0 Å². The van der Waals surface area contributed by atoms with Crippen molar-refractivity contribution in [2.24, 2.45) is 0 Å². The molecule has 1 aromatic carbocycles. The predicted octanol–water partition coefficient (Wildman–Crippen LogP) is 3.56. The maximum absolute atomic E-state index is 10.8. The minimum absolute atomic E-state index is 0.00691. The number of hydrogen-bond donors (Lipinski definition) is 0. The quantitative estimate of drug-likeness (QED) is 0.471. The van der Waals surface area contributed by atoms with Gasteiger partial charge >= 0.3 is 6.07 Å². The van der Waals surface area contributed by atoms with Crippen molar-refractivity contribution >= 4 is 34.2 Å². The number of nitrogens with zero attached hydrogens (tertiary/aromatic N) is 1. The molecule has 0 unspecified atom stereocenters. The van der Waals surface area contributed by atoms with Gasteiger partial charge in [0.15, 0.2) is 0 Å². The standard InChI is InChI=1S/C6H4Cl2NO4P/c7-14(8,12)13-6-3-1-2-5(4-6)9(10)11/h1-4H. The first-order valence-electron chi connectivity index (χ1n) is 3.32. The number of halogens is 2. The predicted molar refractivity (Wildman–Crippen MR) is 53.0 cm³/mol. The van der Waals surface area contributed by atoms with Gasteiger partial charge in [-0.05, 0) is 6.07 Å². The molecule has 0 heterocycles. The van der Waals surface area contributed by atoms with E-state index in [1.807, 2.05) is 0 Å². The number of nitro groups is 1. The summed E-state index contributed by atoms with van der Waals surface area (Å²) in [6.45, 7) is 0. The van der Waals surface area contributed by atoms with Gasteiger partial charge in [-0.3, -0.25) is 10.1 Å². The second-order valence-electron chi connectivity index (χ2n) is 2.26. The van der Waals surface area contributed by atoms with Gasteiger partial charge in [0.1, 0.15) is 5.75 Å². The van der Waals surface area contributed by atoms with Crippen molar-refractivity contribution in [3.63, 3.8) is 0 Å². The van der Waals surface area contributed by atoms with Crippen molar-refractivity contribution in [2.75, 3.05) is 0 Å². The molecule has 76 valence electrons. The molecule has 0 fully saturated rings. The topological polar surface area (TPSA) is 69.4 Å². The van der Waals surface area contributed by atoms with E-state index in [0.717, 1.165) is 6.07 Å². The Labute approximate surface area is 88.8 Å². The Hall–Kier alpha value is -0.770. The zero-order valence-electron chi connectivity index (χ0n) is 6.59. The van der Waals surface area contributed by atoms with Gasteiger partial charge in [0.25, 0.3) is 5.69 Å². The van der Waals surface area contributed by atoms with Gasteiger partial charge in [-0.15, -0.1) is 0 Å². The van der Waals surface area contributed by atoms with Gasteiger partial charge < -0.3 is 4.52 Å². The summed E-state index contributed by atoms with van der Waals surface area (Å²) in [5, 5.41) is 10.3. The van der Waals surface area contributed by atoms with E-state index in [9.17, 15) is 14.7 Å². The van der Waals surface area contributed by atoms with Gasteiger partial charge in [-0.25, -0.2) is 4.57 Å². The molecule has 1 aromatic rings. The highest BCUT2D eigenvalue weighted by Crippen LogP contribution is 2.57. The fourth-order valence-electron chi connectivity index (χ4n) is 0.777. The lowest BCUT2D eigenvalue weighted by molar-refractivity contribution is -0.384. The molecule has 0 atom stereocenters. The normalized spacial score (nSPS) is 11.0. The Balaban J connectivity index is 2.95. The van der Waals surface area contributed by atoms with Crippen LogP contribution in [0.4, 0.5) is 5.69 Å². The Morgan fingerprint density at radius 2 is 2.07 bits per heavy atom. The minimum atomic E-state index is -3.72. The van der Waals surface area contributed by atoms with E-state index in [1.54, 1.807) is 0 Å². The van der Waals surface area contributed by atoms with E-state index < -0.39 is 11.0 Å². The number of benzene rings is 1. The van der Waals surface area contributed by atoms with Crippen molar-refractivity contribution in [2.45, 2.75) is 0 Å². The molecule has 0 saturated carbocycles. The average Bonchev–Trinajstić information content (AvgIpc) is 2.01. The third-order valence-electron chi connectivity index (χ3n) is 1.24. The first kappa shape index (κ1) is 11.3. The molecular weight excluding hydrogens is 252 g/mol. The third-order valence-corrected chi connectivity index (χ3v) is 2.08. The molecule has 14 heavy (non-hydrogen) atoms. The van der Waals surface area contributed by atoms with Crippen LogP contribution >= 0.6 is 28.6 Å². The van der Waals surface area contributed by atoms with Gasteiger partial charge in [0, 0.05) is 28.5 Å². The van der Waals surface area contributed by atoms with Crippen LogP contribution in [0.2, 0.25) is 0 Å². The van der Waals surface area contributed by atoms with Gasteiger partial charge in [-0.2, -0.15) is 0 Å². The van der Waals surface area contributed by atoms with Crippen LogP contribution < -0.4 is 4.52 Å². The fourth-order valence-corrected chi connectivity index (χ4v) is 1.61. The molecular formula is C6H4Cl2NO4P. The van der Waals surface area contributed by atoms with Crippen LogP contribution in [0.1, 0.15) is 0 Å². The molecule has 5 nitrogen and oxygen atoms in total. The van der Waals surface area contributed by atoms with Crippen LogP contribution in [0, 0.1) is 10.1 Å². The lowest BCUT2D eigenvalue weighted by Gasteiger charge is -2.04. The summed E-state index contributed by atoms with van der Waals surface area (Å²) < 4.78 is 15.4. The Morgan fingerprint density at radius 3 is 2.57 bits per heavy atom. The average molecular weight is 256 g/mol. The SMILES string of the molecule is O=[N+]([O-])c1cccc(OP(=O)(Cl)Cl)c1. The van der Waals surface area contributed by atoms with E-state index in [1.165, 1.54) is 18.2 Å². The number of non-ortho nitro benzene ring substituents is 1. The number of hydrogen-bond acceptors (Lipinski definition) is 4. The fraction of sp³-hybridized carbons (Fsp3) is 0. The number of nitro benzene ring substituents is 1. The van der Waals surface area contributed by atoms with Crippen molar-refractivity contribution < 1.29 is 14.0 Å². The molecule has 0 radical (unpaired) electrons. The number of rotatable bonds is 3. The molecule has 0 amide bonds. The molecule has 0 aliphatic heterocycles. The molecule has 8 heteroatoms. The van der Waals surface area contributed by atoms with E-state index in [4.69, 9.17) is 22.5 Å². The Kier molecular flexibility index (Phi) is 3.37. The van der Waals surface area contributed by atoms with Crippen LogP contribution in [0.25, 0.3) is 0 Å². The molecule has 0 bridgehead atoms. The van der Waals surface area contributed by atoms with Crippen molar-refractivity contribution in [3.8, 4) is 5.75 Å². The first-order valence-corrected chi connectivity index (χ1v) is 6.75. The first-order chi connectivity index (χ1) is 6.38. The largest absolute Gasteiger partial charge is 0.428 e. The Morgan fingerprint density at radius 1 is 1.43 bits per heavy atom. The van der Waals surface area contributed by atoms with Crippen LogP contribution in [0.15, 0.2) is 24.3 Å². The molecule has 0 aliphatic carbocycles. The maximum Gasteiger partial charge on any atom is 0.428 e. The third kappa shape index (κ3) is 3.54. The maximum atomic E-state index is 10.8. The summed E-state index contributed by atoms with van der Waals surface area (Å²) in [6.07, 6.45) is -3.72. The summed E-state index contributed by atoms with van der Waals surface area (Å²) in [5.74, 6) is -0.00691. The zero-order valence-corrected chi connectivity index (χ0v) is 9.00. The lowest BCUT2D eigenvalue weighted by atomic mass is 10.3. The Bertz CT molecular complexity index is 405. The summed E-state index contributed by atoms with van der Waals surface area (Å²) >= 11 is 10.3. The van der Waals surface area contributed by atoms with Crippen molar-refractivity contribution in [3.05, 3.63) is 34.4 Å². The highest BCUT2D eigenvalue weighted by Gasteiger charge is 2.17. The minimum Gasteiger partial charge on any atom is -0.422 e. The van der Waals surface area contributed by atoms with E-state index in [0.29, 0.717) is 0 Å². The van der Waals surface area contributed by atoms with Gasteiger partial charge in [0.05, 0.1) is 11.0 Å². The zero-order chi connectivity index (χ0) is 10.8. The summed E-state index contributed by atoms with van der Waals surface area (Å²) in [7, 11) is 0. The molecule has 1 rings (SSSR count). The summed E-state index contributed by atoms with van der Waals surface area (Å²) in [6, 6.07) is 5.08. The second-order valence-corrected chi connectivity index (χ2v) is 6.46. The van der Waals surface area contributed by atoms with Gasteiger partial charge in [-0.1, -0.05) is 6.07 Å². The highest BCUT2D eigenvalue weighted by molar-refractivity contribution is 8.05. The molecule has 0 spiro atoms. The van der Waals surface area contributed by atoms with Crippen LogP contribution in [-0.4, -0.2) is 4.92 Å². The van der Waals surface area contributed by atoms with E-state index in [2.05, 4.69) is 4.52 Å². The monoisotopic (exact) mass is 255 g/mol. The van der Waals surface area contributed by atoms with Crippen molar-refractivity contribution in [1.82, 2.24) is 0 Å². The second kappa shape index (κ2) is 4.17. The lowest BCUT2D eigenvalue weighted by Crippen LogP contribution is -1.88. The molecule has 0 saturated heterocycles. The molecule has 0 aliphatic rings. The van der Waals surface area contributed by atoms with Gasteiger partial charge in [0.2, 0.25) is 0 Å². The molecule has 0 N–H and O–H groups in total. The highest BCUT2D eigenvalue weighted by atomic mass is 35.9. The molecule has 0 aromatic heterocycles. The van der Waals surface area contributed by atoms with Crippen LogP contribution in [-0.2, 0) is 4.57 Å². The van der Waals surface area contributed by atoms with Crippen LogP contribution in [0.3, 0.4) is 0 Å². The van der Waals surface area contributed by atoms with Crippen molar-refractivity contribution in [1.29, 1.82) is 0 Å². The van der Waals surface area contributed by atoms with Crippen LogP contribution in [0.5, 0.6) is 5.75 Å². The summed E-state index contributed by atoms with van der Waals surface area (Å²) in [4.78, 5) is 9.72. The summed E-state index contributed by atoms with van der Waals surface area (Å²) in [5.41, 5.74) is -0.190. The van der Waals surface area contributed by atoms with E-state index in [-0.39, 0.29) is 11.4 Å².